The Morgan fingerprint density at radius 2 is 0.712 bits per heavy atom. The van der Waals surface area contributed by atoms with Crippen LogP contribution in [0.2, 0.25) is 0 Å². The van der Waals surface area contributed by atoms with Crippen LogP contribution >= 0.6 is 0 Å². The molecule has 2 N–H and O–H groups in total. The summed E-state index contributed by atoms with van der Waals surface area (Å²) >= 11 is 0. The first-order valence-corrected chi connectivity index (χ1v) is 20.0. The maximum absolute atomic E-state index is 13.8. The van der Waals surface area contributed by atoms with Gasteiger partial charge in [0, 0.05) is 33.2 Å². The Labute approximate surface area is 366 Å². The molecule has 0 fully saturated rings. The van der Waals surface area contributed by atoms with E-state index in [4.69, 9.17) is 14.7 Å². The summed E-state index contributed by atoms with van der Waals surface area (Å²) in [6, 6.07) is 23.5. The molecule has 3 aromatic heterocycles. The van der Waals surface area contributed by atoms with E-state index >= 15 is 0 Å². The second-order valence-corrected chi connectivity index (χ2v) is 15.4. The van der Waals surface area contributed by atoms with Crippen molar-refractivity contribution >= 4 is 34.2 Å². The molecule has 0 spiro atoms. The monoisotopic (exact) mass is 918 g/mol. The summed E-state index contributed by atoms with van der Waals surface area (Å²) in [4.78, 5) is 16.4. The predicted molar refractivity (Wildman–Crippen MR) is 225 cm³/mol. The number of fused-ring (bicyclic) bond motifs is 8. The lowest BCUT2D eigenvalue weighted by molar-refractivity contribution is -0.138. The van der Waals surface area contributed by atoms with Gasteiger partial charge in [-0.2, -0.15) is 52.7 Å². The van der Waals surface area contributed by atoms with Crippen LogP contribution in [0.3, 0.4) is 0 Å². The minimum Gasteiger partial charge on any atom is -0.467 e. The lowest BCUT2D eigenvalue weighted by Crippen LogP contribution is -2.05. The highest BCUT2D eigenvalue weighted by Gasteiger charge is 2.34. The van der Waals surface area contributed by atoms with E-state index in [1.807, 2.05) is 0 Å². The zero-order valence-corrected chi connectivity index (χ0v) is 33.8. The Morgan fingerprint density at radius 1 is 0.409 bits per heavy atom. The first-order chi connectivity index (χ1) is 31.2. The Balaban J connectivity index is 1.44. The number of ether oxygens (including phenoxy) is 1. The fourth-order valence-electron chi connectivity index (χ4n) is 8.04. The van der Waals surface area contributed by atoms with Crippen molar-refractivity contribution in [3.63, 3.8) is 0 Å². The van der Waals surface area contributed by atoms with E-state index in [9.17, 15) is 52.7 Å². The summed E-state index contributed by atoms with van der Waals surface area (Å²) < 4.78 is 172. The zero-order valence-electron chi connectivity index (χ0n) is 33.8. The summed E-state index contributed by atoms with van der Waals surface area (Å²) in [7, 11) is 0. The highest BCUT2D eigenvalue weighted by atomic mass is 19.4. The number of hydrogen-bond donors (Lipinski definition) is 2. The fourth-order valence-corrected chi connectivity index (χ4v) is 8.04. The molecule has 0 saturated carbocycles. The van der Waals surface area contributed by atoms with Gasteiger partial charge in [0.2, 0.25) is 5.88 Å². The number of halogens is 12. The van der Waals surface area contributed by atoms with E-state index in [-0.39, 0.29) is 79.4 Å². The molecule has 0 amide bonds. The molecule has 0 saturated heterocycles. The molecule has 8 bridgehead atoms. The minimum atomic E-state index is -4.68. The van der Waals surface area contributed by atoms with Crippen molar-refractivity contribution in [3.8, 4) is 50.4 Å². The number of H-pyrrole nitrogens is 2. The third kappa shape index (κ3) is 8.29. The first-order valence-electron chi connectivity index (χ1n) is 20.0. The second-order valence-electron chi connectivity index (χ2n) is 15.4. The average molecular weight is 919 g/mol. The molecule has 4 aromatic carbocycles. The third-order valence-electron chi connectivity index (χ3n) is 11.2. The van der Waals surface area contributed by atoms with Gasteiger partial charge in [0.15, 0.2) is 0 Å². The number of aromatic amines is 2. The standard InChI is InChI=1S/C49H30F12N4O/c1-2-39-44-42(27-7-15-31(16-8-27)48(56,57)58)37-23-21-35(63-37)40(25-3-11-29(12-4-25)46(50,51)52)33-19-20-34(62-33)41(26-5-13-30(14-6-26)47(53,54)55)36-22-24-38(64-36)43(45(65-44)66-39)28-9-17-32(18-10-28)49(59,60)61/h3-24,39,63-64H,2H2,1H3. The zero-order chi connectivity index (χ0) is 46.9. The maximum atomic E-state index is 13.8. The van der Waals surface area contributed by atoms with E-state index in [1.54, 1.807) is 43.3 Å². The predicted octanol–water partition coefficient (Wildman–Crippen LogP) is 15.8. The van der Waals surface area contributed by atoms with Crippen molar-refractivity contribution in [2.75, 3.05) is 0 Å². The molecule has 5 heterocycles. The van der Waals surface area contributed by atoms with Crippen LogP contribution in [0.15, 0.2) is 121 Å². The van der Waals surface area contributed by atoms with Crippen LogP contribution < -0.4 is 4.74 Å². The highest BCUT2D eigenvalue weighted by molar-refractivity contribution is 5.97. The van der Waals surface area contributed by atoms with Crippen LogP contribution in [0.5, 0.6) is 5.88 Å². The molecular weight excluding hydrogens is 889 g/mol. The molecule has 66 heavy (non-hydrogen) atoms. The maximum Gasteiger partial charge on any atom is 0.416 e. The SMILES string of the molecule is CCC1Oc2nc1c(-c1ccc(C(F)(F)F)cc1)c1ccc([nH]1)c(-c1ccc(C(F)(F)F)cc1)c1nc(c(-c3ccc(C(F)(F)F)cc3)c3ccc([nH]3)c2-c2ccc(C(F)(F)F)cc2)C=C1. The van der Waals surface area contributed by atoms with Crippen LogP contribution in [0.25, 0.3) is 78.7 Å². The van der Waals surface area contributed by atoms with Crippen molar-refractivity contribution in [2.45, 2.75) is 44.2 Å². The van der Waals surface area contributed by atoms with Crippen LogP contribution in [0.4, 0.5) is 52.7 Å². The van der Waals surface area contributed by atoms with E-state index in [0.29, 0.717) is 16.6 Å². The van der Waals surface area contributed by atoms with Crippen LogP contribution in [0.1, 0.15) is 58.8 Å². The van der Waals surface area contributed by atoms with Crippen molar-refractivity contribution in [1.82, 2.24) is 19.9 Å². The molecule has 2 aliphatic heterocycles. The number of aromatic nitrogens is 4. The van der Waals surface area contributed by atoms with Gasteiger partial charge in [0.1, 0.15) is 6.10 Å². The summed E-state index contributed by atoms with van der Waals surface area (Å²) in [6.07, 6.45) is -16.2. The Bertz CT molecular complexity index is 3180. The molecule has 1 unspecified atom stereocenters. The van der Waals surface area contributed by atoms with Gasteiger partial charge in [0.05, 0.1) is 50.4 Å². The van der Waals surface area contributed by atoms with Crippen LogP contribution in [0, 0.1) is 0 Å². The third-order valence-corrected chi connectivity index (χ3v) is 11.2. The summed E-state index contributed by atoms with van der Waals surface area (Å²) in [5, 5.41) is 0. The van der Waals surface area contributed by atoms with Gasteiger partial charge in [-0.3, -0.25) is 0 Å². The van der Waals surface area contributed by atoms with E-state index in [0.717, 1.165) is 48.5 Å². The molecule has 1 atom stereocenters. The van der Waals surface area contributed by atoms with Gasteiger partial charge in [-0.1, -0.05) is 55.5 Å². The van der Waals surface area contributed by atoms with Crippen LogP contribution in [-0.2, 0) is 24.7 Å². The first kappa shape index (κ1) is 43.9. The molecule has 336 valence electrons. The molecule has 17 heteroatoms. The van der Waals surface area contributed by atoms with Gasteiger partial charge in [-0.05, 0) is 114 Å². The fraction of sp³-hybridized carbons (Fsp3) is 0.143. The van der Waals surface area contributed by atoms with Crippen molar-refractivity contribution < 1.29 is 57.4 Å². The molecule has 5 nitrogen and oxygen atoms in total. The van der Waals surface area contributed by atoms with Gasteiger partial charge < -0.3 is 14.7 Å². The minimum absolute atomic E-state index is 0.0740. The van der Waals surface area contributed by atoms with E-state index < -0.39 is 53.1 Å². The Kier molecular flexibility index (Phi) is 10.6. The normalized spacial score (nSPS) is 14.4. The Morgan fingerprint density at radius 3 is 1.05 bits per heavy atom. The molecule has 9 rings (SSSR count). The number of alkyl halides is 12. The smallest absolute Gasteiger partial charge is 0.416 e. The van der Waals surface area contributed by atoms with Crippen molar-refractivity contribution in [2.24, 2.45) is 0 Å². The summed E-state index contributed by atoms with van der Waals surface area (Å²) in [5.74, 6) is -0.0740. The summed E-state index contributed by atoms with van der Waals surface area (Å²) in [5.41, 5.74) is 0.124. The average Bonchev–Trinajstić information content (AvgIpc) is 4.11. The second kappa shape index (κ2) is 16.0. The molecule has 0 aliphatic carbocycles. The molecular formula is C49H30F12N4O. The van der Waals surface area contributed by atoms with Crippen molar-refractivity contribution in [1.29, 1.82) is 0 Å². The Hall–Kier alpha value is -7.30. The molecule has 0 radical (unpaired) electrons. The number of hydrogen-bond acceptors (Lipinski definition) is 3. The van der Waals surface area contributed by atoms with Crippen molar-refractivity contribution in [3.05, 3.63) is 161 Å². The lowest BCUT2D eigenvalue weighted by atomic mass is 9.99. The van der Waals surface area contributed by atoms with Gasteiger partial charge in [-0.15, -0.1) is 0 Å². The van der Waals surface area contributed by atoms with Gasteiger partial charge in [-0.25, -0.2) is 9.97 Å². The highest BCUT2D eigenvalue weighted by Crippen LogP contribution is 2.45. The molecule has 2 aliphatic rings. The van der Waals surface area contributed by atoms with E-state index in [2.05, 4.69) is 9.97 Å². The quantitative estimate of drug-likeness (QED) is 0.169. The number of rotatable bonds is 5. The number of nitrogens with one attached hydrogen (secondary N) is 2. The number of nitrogens with zero attached hydrogens (tertiary/aromatic N) is 2. The lowest BCUT2D eigenvalue weighted by Gasteiger charge is -2.14. The molecule has 7 aromatic rings. The summed E-state index contributed by atoms with van der Waals surface area (Å²) in [6.45, 7) is 1.76. The number of benzene rings is 4. The van der Waals surface area contributed by atoms with Gasteiger partial charge >= 0.3 is 24.7 Å². The topological polar surface area (TPSA) is 66.6 Å². The largest absolute Gasteiger partial charge is 0.467 e. The van der Waals surface area contributed by atoms with E-state index in [1.165, 1.54) is 48.5 Å². The van der Waals surface area contributed by atoms with Crippen LogP contribution in [-0.4, -0.2) is 19.9 Å². The van der Waals surface area contributed by atoms with Gasteiger partial charge in [0.25, 0.3) is 0 Å².